The predicted octanol–water partition coefficient (Wildman–Crippen LogP) is 2.75. The molecule has 6 aliphatic rings. The molecule has 0 saturated carbocycles. The standard InChI is InChI=1S/C37H37N5O6/c1-21-31(34(37(47)48)40-33(21)32(22(2)43)36(40)46)24-6-8-26-28-16-23(5-7-27(28)35(45)29(26)17-24)19-41-10-13-42(14-11-41,15-12-41)20-30(44)39-25-4-3-9-38-18-25/h3-9,16-18,21-22,32-33,43H,10-15,19-20H2,1-2H3/p+2/t21-,22+,32+,33+,41?,42?/m0/s1. The number of benzene rings is 2. The Hall–Kier alpha value is -4.71. The van der Waals surface area contributed by atoms with Gasteiger partial charge in [-0.05, 0) is 59.5 Å². The predicted molar refractivity (Wildman–Crippen MR) is 176 cm³/mol. The second-order valence-corrected chi connectivity index (χ2v) is 14.4. The van der Waals surface area contributed by atoms with E-state index in [0.717, 1.165) is 71.6 Å². The van der Waals surface area contributed by atoms with Gasteiger partial charge in [0.05, 0.1) is 29.9 Å². The third-order valence-corrected chi connectivity index (χ3v) is 11.7. The van der Waals surface area contributed by atoms with Crippen LogP contribution in [0.15, 0.2) is 66.6 Å². The third kappa shape index (κ3) is 4.63. The molecule has 48 heavy (non-hydrogen) atoms. The Bertz CT molecular complexity index is 1910. The number of aliphatic carboxylic acids is 1. The van der Waals surface area contributed by atoms with Gasteiger partial charge in [-0.2, -0.15) is 0 Å². The zero-order chi connectivity index (χ0) is 33.5. The molecule has 4 saturated heterocycles. The van der Waals surface area contributed by atoms with Crippen molar-refractivity contribution >= 4 is 34.8 Å². The molecular formula is C37H39N5O6+2. The molecule has 6 heterocycles. The van der Waals surface area contributed by atoms with E-state index < -0.39 is 24.0 Å². The van der Waals surface area contributed by atoms with E-state index in [1.807, 2.05) is 37.3 Å². The van der Waals surface area contributed by atoms with Crippen LogP contribution in [-0.2, 0) is 20.9 Å². The van der Waals surface area contributed by atoms with E-state index in [4.69, 9.17) is 0 Å². The van der Waals surface area contributed by atoms with E-state index >= 15 is 0 Å². The monoisotopic (exact) mass is 649 g/mol. The lowest BCUT2D eigenvalue weighted by Gasteiger charge is -2.55. The van der Waals surface area contributed by atoms with Gasteiger partial charge in [0.15, 0.2) is 12.3 Å². The summed E-state index contributed by atoms with van der Waals surface area (Å²) in [5.41, 5.74) is 5.85. The molecule has 9 rings (SSSR count). The van der Waals surface area contributed by atoms with Gasteiger partial charge in [0.1, 0.15) is 51.5 Å². The second kappa shape index (κ2) is 10.9. The zero-order valence-corrected chi connectivity index (χ0v) is 27.1. The van der Waals surface area contributed by atoms with Crippen LogP contribution in [0.4, 0.5) is 5.69 Å². The fourth-order valence-electron chi connectivity index (χ4n) is 9.09. The van der Waals surface area contributed by atoms with Crippen molar-refractivity contribution in [2.45, 2.75) is 32.5 Å². The fourth-order valence-corrected chi connectivity index (χ4v) is 9.09. The SMILES string of the molecule is C[C@@H](O)[C@H]1C(=O)N2C(C(=O)O)=C(c3ccc4c(c3)C(=O)c3ccc(C[N+]56CC[N+](CC(=O)Nc7cccnc7)(CC5)CC6)cc3-4)[C@H](C)[C@H]12. The quantitative estimate of drug-likeness (QED) is 0.197. The van der Waals surface area contributed by atoms with Gasteiger partial charge in [0.25, 0.3) is 5.91 Å². The van der Waals surface area contributed by atoms with Gasteiger partial charge >= 0.3 is 5.97 Å². The molecule has 0 unspecified atom stereocenters. The number of anilines is 1. The number of aliphatic hydroxyl groups is 1. The van der Waals surface area contributed by atoms with Crippen molar-refractivity contribution < 1.29 is 38.4 Å². The molecule has 2 amide bonds. The molecule has 2 aromatic carbocycles. The van der Waals surface area contributed by atoms with Gasteiger partial charge in [-0.15, -0.1) is 0 Å². The number of amides is 2. The van der Waals surface area contributed by atoms with Gasteiger partial charge < -0.3 is 29.4 Å². The summed E-state index contributed by atoms with van der Waals surface area (Å²) in [6.45, 7) is 10.6. The maximum absolute atomic E-state index is 13.7. The molecule has 3 aromatic rings. The Balaban J connectivity index is 1.00. The van der Waals surface area contributed by atoms with Crippen molar-refractivity contribution in [3.8, 4) is 11.1 Å². The molecule has 1 aliphatic carbocycles. The van der Waals surface area contributed by atoms with Crippen LogP contribution in [0.25, 0.3) is 16.7 Å². The normalized spacial score (nSPS) is 28.9. The summed E-state index contributed by atoms with van der Waals surface area (Å²) >= 11 is 0. The molecule has 0 radical (unpaired) electrons. The largest absolute Gasteiger partial charge is 0.477 e. The number of β-lactam (4-membered cyclic amide) rings is 1. The summed E-state index contributed by atoms with van der Waals surface area (Å²) in [5, 5.41) is 23.3. The minimum absolute atomic E-state index is 0.0233. The number of hydrogen-bond donors (Lipinski definition) is 3. The number of ketones is 1. The number of carbonyl (C=O) groups excluding carboxylic acids is 3. The van der Waals surface area contributed by atoms with Crippen LogP contribution >= 0.6 is 0 Å². The van der Waals surface area contributed by atoms with Crippen molar-refractivity contribution in [3.05, 3.63) is 88.9 Å². The summed E-state index contributed by atoms with van der Waals surface area (Å²) in [6, 6.07) is 14.9. The van der Waals surface area contributed by atoms with Gasteiger partial charge in [0.2, 0.25) is 5.91 Å². The number of quaternary nitrogens is 2. The molecule has 1 aromatic heterocycles. The van der Waals surface area contributed by atoms with Crippen molar-refractivity contribution in [2.24, 2.45) is 11.8 Å². The Morgan fingerprint density at radius 1 is 0.958 bits per heavy atom. The summed E-state index contributed by atoms with van der Waals surface area (Å²) in [4.78, 5) is 57.2. The van der Waals surface area contributed by atoms with E-state index in [0.29, 0.717) is 28.8 Å². The third-order valence-electron chi connectivity index (χ3n) is 11.7. The molecule has 2 bridgehead atoms. The van der Waals surface area contributed by atoms with Crippen molar-refractivity contribution in [1.29, 1.82) is 0 Å². The van der Waals surface area contributed by atoms with Crippen LogP contribution < -0.4 is 5.32 Å². The highest BCUT2D eigenvalue weighted by atomic mass is 16.4. The van der Waals surface area contributed by atoms with Gasteiger partial charge in [-0.1, -0.05) is 25.1 Å². The van der Waals surface area contributed by atoms with Crippen LogP contribution in [0.3, 0.4) is 0 Å². The first-order chi connectivity index (χ1) is 23.0. The first kappa shape index (κ1) is 30.6. The lowest BCUT2D eigenvalue weighted by atomic mass is 9.76. The number of hydrogen-bond acceptors (Lipinski definition) is 6. The second-order valence-electron chi connectivity index (χ2n) is 14.4. The van der Waals surface area contributed by atoms with Crippen LogP contribution in [-0.4, -0.2) is 111 Å². The highest BCUT2D eigenvalue weighted by Gasteiger charge is 2.60. The molecule has 0 spiro atoms. The van der Waals surface area contributed by atoms with E-state index in [9.17, 15) is 29.4 Å². The van der Waals surface area contributed by atoms with Crippen molar-refractivity contribution in [2.75, 3.05) is 51.1 Å². The minimum atomic E-state index is -1.19. The molecular weight excluding hydrogens is 610 g/mol. The Labute approximate surface area is 278 Å². The maximum atomic E-state index is 13.7. The average Bonchev–Trinajstić information content (AvgIpc) is 3.49. The number of aromatic nitrogens is 1. The number of carboxylic acids is 1. The number of carboxylic acid groups (broad SMARTS) is 1. The topological polar surface area (TPSA) is 137 Å². The number of nitrogens with zero attached hydrogens (tertiary/aromatic N) is 4. The van der Waals surface area contributed by atoms with Crippen molar-refractivity contribution in [1.82, 2.24) is 9.88 Å². The van der Waals surface area contributed by atoms with Gasteiger partial charge in [-0.3, -0.25) is 19.4 Å². The number of aliphatic hydroxyl groups excluding tert-OH is 1. The minimum Gasteiger partial charge on any atom is -0.477 e. The molecule has 11 nitrogen and oxygen atoms in total. The number of rotatable bonds is 8. The lowest BCUT2D eigenvalue weighted by molar-refractivity contribution is -1.08. The van der Waals surface area contributed by atoms with E-state index in [1.165, 1.54) is 10.5 Å². The van der Waals surface area contributed by atoms with Crippen molar-refractivity contribution in [3.63, 3.8) is 0 Å². The number of pyridine rings is 1. The maximum Gasteiger partial charge on any atom is 0.352 e. The molecule has 11 heteroatoms. The zero-order valence-electron chi connectivity index (χ0n) is 27.1. The molecule has 4 fully saturated rings. The van der Waals surface area contributed by atoms with Crippen LogP contribution in [0.5, 0.6) is 0 Å². The first-order valence-corrected chi connectivity index (χ1v) is 16.7. The number of carbonyl (C=O) groups is 4. The fraction of sp³-hybridized carbons (Fsp3) is 0.378. The van der Waals surface area contributed by atoms with Crippen LogP contribution in [0.1, 0.15) is 40.9 Å². The van der Waals surface area contributed by atoms with E-state index in [1.54, 1.807) is 25.4 Å². The lowest BCUT2D eigenvalue weighted by Crippen LogP contribution is -2.75. The highest BCUT2D eigenvalue weighted by Crippen LogP contribution is 2.51. The average molecular weight is 650 g/mol. The van der Waals surface area contributed by atoms with Gasteiger partial charge in [-0.25, -0.2) is 4.79 Å². The number of nitrogens with one attached hydrogen (secondary N) is 1. The van der Waals surface area contributed by atoms with E-state index in [-0.39, 0.29) is 29.2 Å². The first-order valence-electron chi connectivity index (χ1n) is 16.7. The number of fused-ring (bicyclic) bond motifs is 7. The molecule has 4 atom stereocenters. The summed E-state index contributed by atoms with van der Waals surface area (Å²) < 4.78 is 1.78. The van der Waals surface area contributed by atoms with Crippen LogP contribution in [0.2, 0.25) is 0 Å². The summed E-state index contributed by atoms with van der Waals surface area (Å²) in [7, 11) is 0. The Kier molecular flexibility index (Phi) is 6.96. The summed E-state index contributed by atoms with van der Waals surface area (Å²) in [6.07, 6.45) is 2.47. The van der Waals surface area contributed by atoms with Crippen LogP contribution in [0, 0.1) is 11.8 Å². The highest BCUT2D eigenvalue weighted by molar-refractivity contribution is 6.22. The van der Waals surface area contributed by atoms with Gasteiger partial charge in [0, 0.05) is 28.8 Å². The molecule has 5 aliphatic heterocycles. The molecule has 246 valence electrons. The number of piperazine rings is 3. The summed E-state index contributed by atoms with van der Waals surface area (Å²) in [5.74, 6) is -2.60. The Morgan fingerprint density at radius 3 is 2.33 bits per heavy atom. The smallest absolute Gasteiger partial charge is 0.352 e. The Morgan fingerprint density at radius 2 is 1.67 bits per heavy atom. The van der Waals surface area contributed by atoms with E-state index in [2.05, 4.69) is 22.4 Å². The molecule has 3 N–H and O–H groups in total.